The summed E-state index contributed by atoms with van der Waals surface area (Å²) < 4.78 is 33.3. The van der Waals surface area contributed by atoms with Crippen molar-refractivity contribution in [3.8, 4) is 0 Å². The van der Waals surface area contributed by atoms with Gasteiger partial charge in [-0.2, -0.15) is 0 Å². The highest BCUT2D eigenvalue weighted by molar-refractivity contribution is 7.92. The Morgan fingerprint density at radius 1 is 1.12 bits per heavy atom. The predicted octanol–water partition coefficient (Wildman–Crippen LogP) is 5.26. The highest BCUT2D eigenvalue weighted by Crippen LogP contribution is 2.32. The fourth-order valence-corrected chi connectivity index (χ4v) is 4.46. The first-order valence-corrected chi connectivity index (χ1v) is 11.9. The van der Waals surface area contributed by atoms with Gasteiger partial charge in [-0.3, -0.25) is 9.52 Å². The molecule has 2 aromatic carbocycles. The number of aryl methyl sites for hydroxylation is 2. The van der Waals surface area contributed by atoms with Crippen molar-refractivity contribution in [2.75, 3.05) is 10.0 Å². The fourth-order valence-electron chi connectivity index (χ4n) is 3.10. The molecule has 7 nitrogen and oxygen atoms in total. The number of hydrogen-bond donors (Lipinski definition) is 2. The van der Waals surface area contributed by atoms with Crippen LogP contribution in [0.4, 0.5) is 11.4 Å². The summed E-state index contributed by atoms with van der Waals surface area (Å²) >= 11 is 5.93. The molecular formula is C23H22ClN3O4S. The highest BCUT2D eigenvalue weighted by atomic mass is 35.5. The van der Waals surface area contributed by atoms with Crippen LogP contribution in [0.5, 0.6) is 0 Å². The van der Waals surface area contributed by atoms with Crippen LogP contribution in [-0.2, 0) is 14.8 Å². The molecule has 2 N–H and O–H groups in total. The number of carbonyl (C=O) groups is 1. The number of hydrogen-bond acceptors (Lipinski definition) is 5. The van der Waals surface area contributed by atoms with E-state index in [0.717, 1.165) is 24.0 Å². The number of nitrogens with zero attached hydrogens (tertiary/aromatic N) is 1. The van der Waals surface area contributed by atoms with E-state index in [1.807, 2.05) is 0 Å². The van der Waals surface area contributed by atoms with Crippen LogP contribution in [-0.4, -0.2) is 19.5 Å². The minimum Gasteiger partial charge on any atom is -0.354 e. The molecule has 0 aliphatic heterocycles. The number of nitrogens with one attached hydrogen (secondary N) is 2. The Bertz CT molecular complexity index is 1290. The topological polar surface area (TPSA) is 101 Å². The third-order valence-corrected chi connectivity index (χ3v) is 6.75. The zero-order chi connectivity index (χ0) is 22.9. The second-order valence-electron chi connectivity index (χ2n) is 7.74. The molecule has 1 heterocycles. The third kappa shape index (κ3) is 5.03. The molecule has 3 aromatic rings. The van der Waals surface area contributed by atoms with Gasteiger partial charge in [0.25, 0.3) is 10.0 Å². The molecule has 1 aliphatic carbocycles. The molecule has 166 valence electrons. The number of aromatic nitrogens is 1. The first-order chi connectivity index (χ1) is 15.2. The lowest BCUT2D eigenvalue weighted by Crippen LogP contribution is -2.14. The minimum absolute atomic E-state index is 0.0241. The maximum atomic E-state index is 12.7. The number of benzene rings is 2. The summed E-state index contributed by atoms with van der Waals surface area (Å²) in [5, 5.41) is 7.34. The largest absolute Gasteiger partial charge is 0.354 e. The monoisotopic (exact) mass is 471 g/mol. The number of rotatable bonds is 7. The predicted molar refractivity (Wildman–Crippen MR) is 125 cm³/mol. The fraction of sp³-hybridized carbons (Fsp3) is 0.217. The van der Waals surface area contributed by atoms with Gasteiger partial charge < -0.3 is 9.84 Å². The maximum Gasteiger partial charge on any atom is 0.261 e. The first kappa shape index (κ1) is 22.1. The van der Waals surface area contributed by atoms with E-state index >= 15 is 0 Å². The molecule has 1 amide bonds. The Hall–Kier alpha value is -3.10. The van der Waals surface area contributed by atoms with Crippen molar-refractivity contribution in [2.24, 2.45) is 5.92 Å². The lowest BCUT2D eigenvalue weighted by molar-refractivity contribution is -0.117. The van der Waals surface area contributed by atoms with Gasteiger partial charge in [0, 0.05) is 10.9 Å². The van der Waals surface area contributed by atoms with Crippen LogP contribution < -0.4 is 10.0 Å². The molecule has 0 spiro atoms. The van der Waals surface area contributed by atoms with E-state index in [4.69, 9.17) is 16.1 Å². The molecule has 0 radical (unpaired) electrons. The quantitative estimate of drug-likeness (QED) is 0.489. The summed E-state index contributed by atoms with van der Waals surface area (Å²) in [7, 11) is -3.74. The van der Waals surface area contributed by atoms with Crippen molar-refractivity contribution in [1.82, 2.24) is 5.16 Å². The summed E-state index contributed by atoms with van der Waals surface area (Å²) in [6.07, 6.45) is 5.27. The normalized spacial score (nSPS) is 14.0. The van der Waals surface area contributed by atoms with Crippen molar-refractivity contribution >= 4 is 51.1 Å². The molecule has 32 heavy (non-hydrogen) atoms. The molecule has 1 fully saturated rings. The standard InChI is InChI=1S/C23H22ClN3O4S/c1-14-13-18(24)8-11-20(14)27-32(29,30)19-9-3-16(4-10-19)5-12-21-22(15(2)26-31-21)25-23(28)17-6-7-17/h3-5,8-13,17,27H,6-7H2,1-2H3,(H,25,28)/b12-5-. The van der Waals surface area contributed by atoms with Crippen LogP contribution in [0, 0.1) is 19.8 Å². The summed E-state index contributed by atoms with van der Waals surface area (Å²) in [4.78, 5) is 12.2. The SMILES string of the molecule is Cc1cc(Cl)ccc1NS(=O)(=O)c1ccc(/C=C\c2onc(C)c2NC(=O)C2CC2)cc1. The van der Waals surface area contributed by atoms with Crippen LogP contribution >= 0.6 is 11.6 Å². The molecule has 0 saturated heterocycles. The molecule has 1 saturated carbocycles. The zero-order valence-corrected chi connectivity index (χ0v) is 19.1. The molecule has 0 atom stereocenters. The second kappa shape index (κ2) is 8.80. The van der Waals surface area contributed by atoms with Crippen LogP contribution in [0.25, 0.3) is 12.2 Å². The van der Waals surface area contributed by atoms with Gasteiger partial charge in [-0.15, -0.1) is 0 Å². The number of anilines is 2. The van der Waals surface area contributed by atoms with E-state index in [1.165, 1.54) is 12.1 Å². The Kier molecular flexibility index (Phi) is 6.08. The van der Waals surface area contributed by atoms with E-state index in [-0.39, 0.29) is 16.7 Å². The zero-order valence-electron chi connectivity index (χ0n) is 17.6. The average Bonchev–Trinajstić information content (AvgIpc) is 3.55. The average molecular weight is 472 g/mol. The molecule has 1 aromatic heterocycles. The molecule has 4 rings (SSSR count). The van der Waals surface area contributed by atoms with Gasteiger partial charge in [0.1, 0.15) is 11.4 Å². The van der Waals surface area contributed by atoms with Crippen molar-refractivity contribution < 1.29 is 17.7 Å². The van der Waals surface area contributed by atoms with Crippen molar-refractivity contribution in [3.05, 3.63) is 70.1 Å². The molecule has 1 aliphatic rings. The third-order valence-electron chi connectivity index (χ3n) is 5.14. The summed E-state index contributed by atoms with van der Waals surface area (Å²) in [6.45, 7) is 3.54. The van der Waals surface area contributed by atoms with Crippen molar-refractivity contribution in [3.63, 3.8) is 0 Å². The van der Waals surface area contributed by atoms with Crippen molar-refractivity contribution in [2.45, 2.75) is 31.6 Å². The first-order valence-electron chi connectivity index (χ1n) is 10.1. The Morgan fingerprint density at radius 2 is 1.84 bits per heavy atom. The summed E-state index contributed by atoms with van der Waals surface area (Å²) in [6, 6.07) is 11.4. The number of amides is 1. The Morgan fingerprint density at radius 3 is 2.50 bits per heavy atom. The highest BCUT2D eigenvalue weighted by Gasteiger charge is 2.30. The Balaban J connectivity index is 1.48. The second-order valence-corrected chi connectivity index (χ2v) is 9.86. The summed E-state index contributed by atoms with van der Waals surface area (Å²) in [5.74, 6) is 0.484. The molecule has 0 unspecified atom stereocenters. The van der Waals surface area contributed by atoms with E-state index in [0.29, 0.717) is 27.9 Å². The smallest absolute Gasteiger partial charge is 0.261 e. The van der Waals surface area contributed by atoms with E-state index in [1.54, 1.807) is 56.3 Å². The van der Waals surface area contributed by atoms with Gasteiger partial charge in [-0.1, -0.05) is 35.0 Å². The van der Waals surface area contributed by atoms with Gasteiger partial charge in [0.05, 0.1) is 10.6 Å². The number of sulfonamides is 1. The Labute approximate surface area is 191 Å². The van der Waals surface area contributed by atoms with Crippen molar-refractivity contribution in [1.29, 1.82) is 0 Å². The van der Waals surface area contributed by atoms with Crippen LogP contribution in [0.15, 0.2) is 51.9 Å². The lowest BCUT2D eigenvalue weighted by atomic mass is 10.2. The van der Waals surface area contributed by atoms with Gasteiger partial charge in [0.15, 0.2) is 5.76 Å². The van der Waals surface area contributed by atoms with Gasteiger partial charge in [-0.05, 0) is 74.2 Å². The maximum absolute atomic E-state index is 12.7. The van der Waals surface area contributed by atoms with Gasteiger partial charge in [0.2, 0.25) is 5.91 Å². The molecular weight excluding hydrogens is 450 g/mol. The lowest BCUT2D eigenvalue weighted by Gasteiger charge is -2.11. The minimum atomic E-state index is -3.74. The van der Waals surface area contributed by atoms with E-state index in [9.17, 15) is 13.2 Å². The van der Waals surface area contributed by atoms with Crippen LogP contribution in [0.2, 0.25) is 5.02 Å². The van der Waals surface area contributed by atoms with E-state index in [2.05, 4.69) is 15.2 Å². The number of carbonyl (C=O) groups excluding carboxylic acids is 1. The number of halogens is 1. The van der Waals surface area contributed by atoms with Gasteiger partial charge in [-0.25, -0.2) is 8.42 Å². The molecule has 9 heteroatoms. The van der Waals surface area contributed by atoms with Crippen LogP contribution in [0.3, 0.4) is 0 Å². The van der Waals surface area contributed by atoms with Crippen LogP contribution in [0.1, 0.15) is 35.4 Å². The molecule has 0 bridgehead atoms. The van der Waals surface area contributed by atoms with Gasteiger partial charge >= 0.3 is 0 Å². The van der Waals surface area contributed by atoms with E-state index < -0.39 is 10.0 Å². The summed E-state index contributed by atoms with van der Waals surface area (Å²) in [5.41, 5.74) is 3.12.